The molecule has 3 rings (SSSR count). The molecule has 0 aliphatic heterocycles. The monoisotopic (exact) mass is 210 g/mol. The number of carbonyl (C=O) groups is 1. The first kappa shape index (κ1) is 9.21. The average Bonchev–Trinajstić information content (AvgIpc) is 2.54. The van der Waals surface area contributed by atoms with Crippen molar-refractivity contribution in [1.82, 2.24) is 9.97 Å². The van der Waals surface area contributed by atoms with Gasteiger partial charge in [-0.15, -0.1) is 0 Å². The van der Waals surface area contributed by atoms with E-state index in [2.05, 4.69) is 9.97 Å². The first-order chi connectivity index (χ1) is 7.68. The molecule has 0 spiro atoms. The van der Waals surface area contributed by atoms with Crippen molar-refractivity contribution in [2.24, 2.45) is 0 Å². The minimum absolute atomic E-state index is 0.0445. The number of ketones is 1. The molecule has 0 saturated heterocycles. The van der Waals surface area contributed by atoms with Crippen LogP contribution in [0.2, 0.25) is 0 Å². The third-order valence-electron chi connectivity index (χ3n) is 2.86. The maximum Gasteiger partial charge on any atom is 0.197 e. The Morgan fingerprint density at radius 3 is 2.44 bits per heavy atom. The summed E-state index contributed by atoms with van der Waals surface area (Å²) in [5, 5.41) is 0. The van der Waals surface area contributed by atoms with E-state index >= 15 is 0 Å². The molecular formula is C13H10N2O. The lowest BCUT2D eigenvalue weighted by atomic mass is 10.1. The van der Waals surface area contributed by atoms with Crippen molar-refractivity contribution in [3.05, 3.63) is 46.9 Å². The lowest BCUT2D eigenvalue weighted by molar-refractivity contribution is 0.104. The Morgan fingerprint density at radius 2 is 1.69 bits per heavy atom. The Morgan fingerprint density at radius 1 is 1.00 bits per heavy atom. The van der Waals surface area contributed by atoms with Gasteiger partial charge in [-0.25, -0.2) is 9.97 Å². The molecule has 1 heterocycles. The van der Waals surface area contributed by atoms with E-state index in [0.717, 1.165) is 22.5 Å². The number of fused-ring (bicyclic) bond motifs is 3. The van der Waals surface area contributed by atoms with E-state index in [1.54, 1.807) is 0 Å². The van der Waals surface area contributed by atoms with Gasteiger partial charge in [-0.2, -0.15) is 0 Å². The summed E-state index contributed by atoms with van der Waals surface area (Å²) in [6.45, 7) is 3.70. The number of benzene rings is 1. The molecule has 0 amide bonds. The fraction of sp³-hybridized carbons (Fsp3) is 0.154. The molecule has 16 heavy (non-hydrogen) atoms. The van der Waals surface area contributed by atoms with Crippen molar-refractivity contribution in [2.75, 3.05) is 0 Å². The molecule has 0 N–H and O–H groups in total. The minimum Gasteiger partial charge on any atom is -0.288 e. The normalized spacial score (nSPS) is 12.5. The lowest BCUT2D eigenvalue weighted by Gasteiger charge is -2.02. The van der Waals surface area contributed by atoms with Gasteiger partial charge in [0.05, 0.1) is 17.0 Å². The quantitative estimate of drug-likeness (QED) is 0.571. The van der Waals surface area contributed by atoms with Crippen LogP contribution in [0.3, 0.4) is 0 Å². The molecule has 1 aromatic carbocycles. The van der Waals surface area contributed by atoms with Crippen LogP contribution in [0.4, 0.5) is 0 Å². The molecule has 0 atom stereocenters. The van der Waals surface area contributed by atoms with E-state index in [1.807, 2.05) is 38.1 Å². The van der Waals surface area contributed by atoms with Crippen LogP contribution in [-0.4, -0.2) is 15.8 Å². The van der Waals surface area contributed by atoms with Crippen molar-refractivity contribution < 1.29 is 4.79 Å². The highest BCUT2D eigenvalue weighted by Crippen LogP contribution is 2.35. The fourth-order valence-electron chi connectivity index (χ4n) is 2.20. The Labute approximate surface area is 93.2 Å². The van der Waals surface area contributed by atoms with Gasteiger partial charge in [-0.3, -0.25) is 4.79 Å². The van der Waals surface area contributed by atoms with Crippen molar-refractivity contribution in [3.63, 3.8) is 0 Å². The van der Waals surface area contributed by atoms with Gasteiger partial charge in [0.15, 0.2) is 5.78 Å². The maximum absolute atomic E-state index is 12.1. The van der Waals surface area contributed by atoms with Crippen LogP contribution in [0.25, 0.3) is 11.3 Å². The van der Waals surface area contributed by atoms with Crippen LogP contribution >= 0.6 is 0 Å². The highest BCUT2D eigenvalue weighted by atomic mass is 16.1. The number of aromatic nitrogens is 2. The predicted molar refractivity (Wildman–Crippen MR) is 60.4 cm³/mol. The molecule has 3 heteroatoms. The molecule has 0 fully saturated rings. The third kappa shape index (κ3) is 1.05. The Balaban J connectivity index is 2.42. The first-order valence-corrected chi connectivity index (χ1v) is 5.18. The third-order valence-corrected chi connectivity index (χ3v) is 2.86. The second kappa shape index (κ2) is 2.98. The molecule has 78 valence electrons. The molecule has 1 aromatic heterocycles. The summed E-state index contributed by atoms with van der Waals surface area (Å²) >= 11 is 0. The zero-order valence-electron chi connectivity index (χ0n) is 9.11. The molecule has 1 aliphatic rings. The zero-order chi connectivity index (χ0) is 11.3. The van der Waals surface area contributed by atoms with Gasteiger partial charge < -0.3 is 0 Å². The minimum atomic E-state index is 0.0445. The highest BCUT2D eigenvalue weighted by molar-refractivity contribution is 6.21. The summed E-state index contributed by atoms with van der Waals surface area (Å²) < 4.78 is 0. The van der Waals surface area contributed by atoms with E-state index < -0.39 is 0 Å². The number of nitrogens with zero attached hydrogens (tertiary/aromatic N) is 2. The number of hydrogen-bond acceptors (Lipinski definition) is 3. The van der Waals surface area contributed by atoms with E-state index in [0.29, 0.717) is 11.4 Å². The topological polar surface area (TPSA) is 42.9 Å². The summed E-state index contributed by atoms with van der Waals surface area (Å²) in [5.74, 6) is 0.754. The summed E-state index contributed by atoms with van der Waals surface area (Å²) in [7, 11) is 0. The summed E-state index contributed by atoms with van der Waals surface area (Å²) in [6, 6.07) is 7.57. The SMILES string of the molecule is Cc1nc(C)c2c(n1)-c1ccccc1C2=O. The van der Waals surface area contributed by atoms with Crippen LogP contribution in [0.1, 0.15) is 27.4 Å². The van der Waals surface area contributed by atoms with E-state index in [9.17, 15) is 4.79 Å². The van der Waals surface area contributed by atoms with Gasteiger partial charge >= 0.3 is 0 Å². The van der Waals surface area contributed by atoms with Crippen LogP contribution in [0.15, 0.2) is 24.3 Å². The fourth-order valence-corrected chi connectivity index (χ4v) is 2.20. The van der Waals surface area contributed by atoms with Gasteiger partial charge in [-0.1, -0.05) is 24.3 Å². The van der Waals surface area contributed by atoms with Gasteiger partial charge in [0.25, 0.3) is 0 Å². The van der Waals surface area contributed by atoms with Gasteiger partial charge in [0.2, 0.25) is 0 Å². The standard InChI is InChI=1S/C13H10N2O/c1-7-11-12(15-8(2)14-7)9-5-3-4-6-10(9)13(11)16/h3-6H,1-2H3. The molecule has 1 aliphatic carbocycles. The number of hydrogen-bond donors (Lipinski definition) is 0. The number of rotatable bonds is 0. The molecule has 0 unspecified atom stereocenters. The van der Waals surface area contributed by atoms with Crippen LogP contribution in [-0.2, 0) is 0 Å². The van der Waals surface area contributed by atoms with E-state index in [1.165, 1.54) is 0 Å². The van der Waals surface area contributed by atoms with Crippen molar-refractivity contribution in [3.8, 4) is 11.3 Å². The second-order valence-corrected chi connectivity index (χ2v) is 3.95. The van der Waals surface area contributed by atoms with E-state index in [4.69, 9.17) is 0 Å². The van der Waals surface area contributed by atoms with Gasteiger partial charge in [0.1, 0.15) is 5.82 Å². The van der Waals surface area contributed by atoms with Crippen LogP contribution in [0.5, 0.6) is 0 Å². The largest absolute Gasteiger partial charge is 0.288 e. The molecule has 3 nitrogen and oxygen atoms in total. The zero-order valence-corrected chi connectivity index (χ0v) is 9.11. The first-order valence-electron chi connectivity index (χ1n) is 5.18. The summed E-state index contributed by atoms with van der Waals surface area (Å²) in [6.07, 6.45) is 0. The number of carbonyl (C=O) groups excluding carboxylic acids is 1. The molecule has 0 radical (unpaired) electrons. The molecule has 0 bridgehead atoms. The van der Waals surface area contributed by atoms with Gasteiger partial charge in [0, 0.05) is 11.1 Å². The van der Waals surface area contributed by atoms with Crippen molar-refractivity contribution in [2.45, 2.75) is 13.8 Å². The average molecular weight is 210 g/mol. The lowest BCUT2D eigenvalue weighted by Crippen LogP contribution is -2.02. The van der Waals surface area contributed by atoms with Crippen molar-refractivity contribution in [1.29, 1.82) is 0 Å². The smallest absolute Gasteiger partial charge is 0.197 e. The summed E-state index contributed by atoms with van der Waals surface area (Å²) in [4.78, 5) is 20.8. The maximum atomic E-state index is 12.1. The number of aryl methyl sites for hydroxylation is 2. The van der Waals surface area contributed by atoms with Crippen LogP contribution < -0.4 is 0 Å². The second-order valence-electron chi connectivity index (χ2n) is 3.95. The van der Waals surface area contributed by atoms with Crippen LogP contribution in [0, 0.1) is 13.8 Å². The molecule has 0 saturated carbocycles. The Bertz CT molecular complexity index is 617. The molecule has 2 aromatic rings. The Kier molecular flexibility index (Phi) is 1.72. The van der Waals surface area contributed by atoms with Crippen molar-refractivity contribution >= 4 is 5.78 Å². The van der Waals surface area contributed by atoms with E-state index in [-0.39, 0.29) is 5.78 Å². The Hall–Kier alpha value is -2.03. The predicted octanol–water partition coefficient (Wildman–Crippen LogP) is 2.30. The molecular weight excluding hydrogens is 200 g/mol. The summed E-state index contributed by atoms with van der Waals surface area (Å²) in [5.41, 5.74) is 3.87. The highest BCUT2D eigenvalue weighted by Gasteiger charge is 2.29. The van der Waals surface area contributed by atoms with Gasteiger partial charge in [-0.05, 0) is 13.8 Å².